The molecule has 1 atom stereocenters. The third-order valence-corrected chi connectivity index (χ3v) is 8.26. The Labute approximate surface area is 267 Å². The second kappa shape index (κ2) is 14.7. The number of ether oxygens (including phenoxy) is 3. The van der Waals surface area contributed by atoms with Gasteiger partial charge in [-0.25, -0.2) is 9.67 Å². The SMILES string of the molecule is NCOCCOCCOCCn1cc(CNc2nc(Nc3ccc4c(c3)CN(C3CCC(=O)NC3=O)C4=O)c3ccsc3n2)nn1. The highest BCUT2D eigenvalue weighted by atomic mass is 32.1. The molecule has 46 heavy (non-hydrogen) atoms. The first kappa shape index (κ1) is 31.4. The number of piperidine rings is 1. The molecule has 6 rings (SSSR count). The number of carbonyl (C=O) groups is 3. The quantitative estimate of drug-likeness (QED) is 0.0770. The monoisotopic (exact) mass is 650 g/mol. The van der Waals surface area contributed by atoms with Crippen LogP contribution in [0.2, 0.25) is 0 Å². The fourth-order valence-electron chi connectivity index (χ4n) is 5.20. The minimum absolute atomic E-state index is 0.183. The first-order valence-corrected chi connectivity index (χ1v) is 15.7. The molecule has 0 spiro atoms. The van der Waals surface area contributed by atoms with Gasteiger partial charge in [-0.1, -0.05) is 5.21 Å². The molecule has 1 fully saturated rings. The molecular formula is C29H34N10O6S. The van der Waals surface area contributed by atoms with Crippen LogP contribution in [0.1, 0.15) is 34.5 Å². The molecule has 242 valence electrons. The molecule has 3 aromatic heterocycles. The van der Waals surface area contributed by atoms with E-state index in [0.717, 1.165) is 27.2 Å². The molecule has 0 bridgehead atoms. The van der Waals surface area contributed by atoms with Crippen molar-refractivity contribution in [1.29, 1.82) is 0 Å². The zero-order valence-electron chi connectivity index (χ0n) is 24.9. The molecule has 5 heterocycles. The number of nitrogens with zero attached hydrogens (tertiary/aromatic N) is 6. The number of hydrogen-bond donors (Lipinski definition) is 4. The first-order chi connectivity index (χ1) is 22.5. The van der Waals surface area contributed by atoms with E-state index in [4.69, 9.17) is 24.9 Å². The predicted molar refractivity (Wildman–Crippen MR) is 167 cm³/mol. The molecular weight excluding hydrogens is 616 g/mol. The lowest BCUT2D eigenvalue weighted by Crippen LogP contribution is -2.52. The van der Waals surface area contributed by atoms with Gasteiger partial charge in [0, 0.05) is 24.2 Å². The van der Waals surface area contributed by atoms with Crippen LogP contribution in [0.3, 0.4) is 0 Å². The van der Waals surface area contributed by atoms with E-state index in [2.05, 4.69) is 31.2 Å². The number of nitrogens with one attached hydrogen (secondary N) is 3. The highest BCUT2D eigenvalue weighted by Gasteiger charge is 2.39. The van der Waals surface area contributed by atoms with Crippen molar-refractivity contribution in [3.63, 3.8) is 0 Å². The number of imide groups is 1. The van der Waals surface area contributed by atoms with Crippen molar-refractivity contribution in [1.82, 2.24) is 35.2 Å². The van der Waals surface area contributed by atoms with Crippen molar-refractivity contribution in [3.8, 4) is 0 Å². The molecule has 5 N–H and O–H groups in total. The van der Waals surface area contributed by atoms with Gasteiger partial charge in [-0.15, -0.1) is 16.4 Å². The van der Waals surface area contributed by atoms with Gasteiger partial charge in [-0.05, 0) is 41.6 Å². The molecule has 1 aromatic carbocycles. The molecule has 2 aliphatic heterocycles. The number of nitrogens with two attached hydrogens (primary N) is 1. The summed E-state index contributed by atoms with van der Waals surface area (Å²) < 4.78 is 17.7. The van der Waals surface area contributed by atoms with Gasteiger partial charge in [0.15, 0.2) is 0 Å². The molecule has 3 amide bonds. The second-order valence-electron chi connectivity index (χ2n) is 10.6. The number of aromatic nitrogens is 5. The minimum Gasteiger partial charge on any atom is -0.377 e. The highest BCUT2D eigenvalue weighted by molar-refractivity contribution is 7.16. The van der Waals surface area contributed by atoms with Crippen LogP contribution in [0.5, 0.6) is 0 Å². The standard InChI is InChI=1S/C29H34N10O6S/c30-17-45-11-10-44-9-8-43-7-6-38-16-20(36-37-38)14-31-29-34-25(22-5-12-46-27(22)35-29)32-19-1-2-21-18(13-19)15-39(28(21)42)23-3-4-24(40)33-26(23)41/h1-2,5,12-13,16,23H,3-4,6-11,14-15,17,30H2,(H,33,40,41)(H2,31,32,34,35). The molecule has 17 heteroatoms. The maximum atomic E-state index is 13.1. The summed E-state index contributed by atoms with van der Waals surface area (Å²) in [5.41, 5.74) is 8.05. The second-order valence-corrected chi connectivity index (χ2v) is 11.5. The van der Waals surface area contributed by atoms with Crippen LogP contribution < -0.4 is 21.7 Å². The molecule has 1 unspecified atom stereocenters. The van der Waals surface area contributed by atoms with Crippen LogP contribution in [0, 0.1) is 0 Å². The van der Waals surface area contributed by atoms with Crippen molar-refractivity contribution >= 4 is 56.7 Å². The topological polar surface area (TPSA) is 201 Å². The van der Waals surface area contributed by atoms with Crippen LogP contribution in [0.4, 0.5) is 17.5 Å². The Balaban J connectivity index is 1.04. The molecule has 0 radical (unpaired) electrons. The lowest BCUT2D eigenvalue weighted by Gasteiger charge is -2.29. The zero-order chi connectivity index (χ0) is 31.9. The molecule has 2 aliphatic rings. The van der Waals surface area contributed by atoms with Crippen molar-refractivity contribution in [3.05, 3.63) is 52.7 Å². The van der Waals surface area contributed by atoms with Crippen LogP contribution in [-0.4, -0.2) is 93.4 Å². The number of hydrogen-bond acceptors (Lipinski definition) is 14. The average Bonchev–Trinajstić information content (AvgIpc) is 3.78. The lowest BCUT2D eigenvalue weighted by molar-refractivity contribution is -0.136. The van der Waals surface area contributed by atoms with Gasteiger partial charge < -0.3 is 35.5 Å². The average molecular weight is 651 g/mol. The molecule has 4 aromatic rings. The van der Waals surface area contributed by atoms with E-state index < -0.39 is 11.9 Å². The van der Waals surface area contributed by atoms with Crippen LogP contribution in [0.25, 0.3) is 10.2 Å². The van der Waals surface area contributed by atoms with Gasteiger partial charge in [0.2, 0.25) is 17.8 Å². The molecule has 16 nitrogen and oxygen atoms in total. The Bertz CT molecular complexity index is 1710. The number of rotatable bonds is 16. The van der Waals surface area contributed by atoms with Crippen LogP contribution in [-0.2, 0) is 43.4 Å². The Hall–Kier alpha value is -4.55. The summed E-state index contributed by atoms with van der Waals surface area (Å²) in [5.74, 6) is 0.0664. The predicted octanol–water partition coefficient (Wildman–Crippen LogP) is 1.37. The van der Waals surface area contributed by atoms with E-state index in [9.17, 15) is 14.4 Å². The molecule has 1 saturated heterocycles. The van der Waals surface area contributed by atoms with Crippen molar-refractivity contribution in [2.24, 2.45) is 5.73 Å². The van der Waals surface area contributed by atoms with Crippen LogP contribution >= 0.6 is 11.3 Å². The van der Waals surface area contributed by atoms with Crippen LogP contribution in [0.15, 0.2) is 35.8 Å². The fraction of sp³-hybridized carbons (Fsp3) is 0.414. The number of benzene rings is 1. The third kappa shape index (κ3) is 7.45. The van der Waals surface area contributed by atoms with Gasteiger partial charge in [0.1, 0.15) is 22.4 Å². The van der Waals surface area contributed by atoms with Gasteiger partial charge >= 0.3 is 0 Å². The van der Waals surface area contributed by atoms with E-state index in [1.165, 1.54) is 16.2 Å². The van der Waals surface area contributed by atoms with E-state index in [1.54, 1.807) is 10.7 Å². The zero-order valence-corrected chi connectivity index (χ0v) is 25.8. The number of anilines is 3. The number of fused-ring (bicyclic) bond motifs is 2. The van der Waals surface area contributed by atoms with Crippen molar-refractivity contribution in [2.75, 3.05) is 50.4 Å². The summed E-state index contributed by atoms with van der Waals surface area (Å²) in [6.07, 6.45) is 2.36. The minimum atomic E-state index is -0.664. The summed E-state index contributed by atoms with van der Waals surface area (Å²) in [4.78, 5) is 48.7. The van der Waals surface area contributed by atoms with E-state index in [0.29, 0.717) is 69.9 Å². The first-order valence-electron chi connectivity index (χ1n) is 14.8. The largest absolute Gasteiger partial charge is 0.377 e. The Kier molecular flexibility index (Phi) is 10.0. The summed E-state index contributed by atoms with van der Waals surface area (Å²) >= 11 is 1.50. The summed E-state index contributed by atoms with van der Waals surface area (Å²) in [7, 11) is 0. The maximum absolute atomic E-state index is 13.1. The Morgan fingerprint density at radius 2 is 1.87 bits per heavy atom. The van der Waals surface area contributed by atoms with Gasteiger partial charge in [-0.3, -0.25) is 19.7 Å². The van der Waals surface area contributed by atoms with Crippen molar-refractivity contribution in [2.45, 2.75) is 38.5 Å². The van der Waals surface area contributed by atoms with Crippen molar-refractivity contribution < 1.29 is 28.6 Å². The fourth-order valence-corrected chi connectivity index (χ4v) is 5.96. The molecule has 0 saturated carbocycles. The van der Waals surface area contributed by atoms with E-state index in [1.807, 2.05) is 29.8 Å². The van der Waals surface area contributed by atoms with Gasteiger partial charge in [0.05, 0.1) is 64.4 Å². The number of amides is 3. The summed E-state index contributed by atoms with van der Waals surface area (Å²) in [6.45, 7) is 3.73. The van der Waals surface area contributed by atoms with Gasteiger partial charge in [-0.2, -0.15) is 4.98 Å². The lowest BCUT2D eigenvalue weighted by atomic mass is 10.0. The third-order valence-electron chi connectivity index (χ3n) is 7.45. The Morgan fingerprint density at radius 1 is 1.04 bits per heavy atom. The number of thiophene rings is 1. The highest BCUT2D eigenvalue weighted by Crippen LogP contribution is 2.33. The normalized spacial score (nSPS) is 16.2. The number of carbonyl (C=O) groups excluding carboxylic acids is 3. The molecule has 0 aliphatic carbocycles. The summed E-state index contributed by atoms with van der Waals surface area (Å²) in [6, 6.07) is 6.73. The maximum Gasteiger partial charge on any atom is 0.255 e. The Morgan fingerprint density at radius 3 is 2.70 bits per heavy atom. The van der Waals surface area contributed by atoms with Gasteiger partial charge in [0.25, 0.3) is 5.91 Å². The van der Waals surface area contributed by atoms with E-state index >= 15 is 0 Å². The smallest absolute Gasteiger partial charge is 0.255 e. The van der Waals surface area contributed by atoms with E-state index in [-0.39, 0.29) is 31.5 Å². The summed E-state index contributed by atoms with van der Waals surface area (Å²) in [5, 5.41) is 20.1.